The van der Waals surface area contributed by atoms with Crippen LogP contribution in [0.5, 0.6) is 0 Å². The molecular weight excluding hydrogens is 435 g/mol. The summed E-state index contributed by atoms with van der Waals surface area (Å²) in [6.45, 7) is 1.21. The number of hydrogen-bond donors (Lipinski definition) is 2. The Bertz CT molecular complexity index is 572. The Kier molecular flexibility index (Phi) is 8.03. The molecule has 3 N–H and O–H groups in total. The summed E-state index contributed by atoms with van der Waals surface area (Å²) in [7, 11) is 0. The topological polar surface area (TPSA) is 96.9 Å². The first-order chi connectivity index (χ1) is 10.1. The number of nitriles is 1. The van der Waals surface area contributed by atoms with Crippen LogP contribution < -0.4 is 5.32 Å². The van der Waals surface area contributed by atoms with Crippen LogP contribution in [-0.2, 0) is 11.0 Å². The Morgan fingerprint density at radius 2 is 2.00 bits per heavy atom. The fourth-order valence-electron chi connectivity index (χ4n) is 1.28. The largest absolute Gasteiger partial charge is 0.613 e. The molecule has 22 heavy (non-hydrogen) atoms. The number of halogens is 5. The van der Waals surface area contributed by atoms with Gasteiger partial charge in [0.25, 0.3) is 5.91 Å². The number of hydrogen-bond acceptors (Lipinski definition) is 3. The maximum atomic E-state index is 12.7. The smallest absolute Gasteiger partial charge is 0.417 e. The molecule has 0 aliphatic rings. The van der Waals surface area contributed by atoms with Gasteiger partial charge in [-0.15, -0.1) is 0 Å². The van der Waals surface area contributed by atoms with Gasteiger partial charge in [-0.25, -0.2) is 16.1 Å². The van der Waals surface area contributed by atoms with E-state index in [0.717, 1.165) is 12.1 Å². The van der Waals surface area contributed by atoms with Gasteiger partial charge in [0, 0.05) is 11.0 Å². The van der Waals surface area contributed by atoms with Crippen LogP contribution in [0.1, 0.15) is 18.1 Å². The Balaban J connectivity index is 0.00000211. The normalized spacial score (nSPS) is 13.2. The molecule has 10 heteroatoms. The summed E-state index contributed by atoms with van der Waals surface area (Å²) in [6, 6.07) is 4.21. The number of rotatable bonds is 3. The summed E-state index contributed by atoms with van der Waals surface area (Å²) in [5, 5.41) is 20.4. The lowest BCUT2D eigenvalue weighted by Gasteiger charge is -2.20. The van der Waals surface area contributed by atoms with Crippen LogP contribution in [0, 0.1) is 11.3 Å². The number of alkyl halides is 4. The van der Waals surface area contributed by atoms with Crippen molar-refractivity contribution in [1.82, 2.24) is 0 Å². The minimum atomic E-state index is -4.70. The lowest BCUT2D eigenvalue weighted by atomic mass is 10.1. The van der Waals surface area contributed by atoms with Crippen LogP contribution in [-0.4, -0.2) is 21.9 Å². The molecule has 0 saturated heterocycles. The lowest BCUT2D eigenvalue weighted by molar-refractivity contribution is -0.137. The van der Waals surface area contributed by atoms with Gasteiger partial charge in [-0.05, 0) is 25.1 Å². The van der Waals surface area contributed by atoms with Crippen molar-refractivity contribution in [3.63, 3.8) is 0 Å². The molecular formula is C12H11Br2F3N3O2-. The van der Waals surface area contributed by atoms with E-state index in [-0.39, 0.29) is 11.0 Å². The highest BCUT2D eigenvalue weighted by Gasteiger charge is 2.34. The summed E-state index contributed by atoms with van der Waals surface area (Å²) < 4.78 is 43.8. The van der Waals surface area contributed by atoms with Crippen molar-refractivity contribution in [3.8, 4) is 6.07 Å². The molecule has 1 amide bonds. The molecule has 1 aromatic carbocycles. The van der Waals surface area contributed by atoms with Crippen LogP contribution in [0.15, 0.2) is 18.2 Å². The van der Waals surface area contributed by atoms with Gasteiger partial charge in [0.15, 0.2) is 0 Å². The van der Waals surface area contributed by atoms with Gasteiger partial charge in [0.2, 0.25) is 0 Å². The Hall–Kier alpha value is -1.15. The average Bonchev–Trinajstić information content (AvgIpc) is 2.48. The molecule has 0 bridgehead atoms. The van der Waals surface area contributed by atoms with Gasteiger partial charge < -0.3 is 15.2 Å². The van der Waals surface area contributed by atoms with Gasteiger partial charge in [-0.3, -0.25) is 4.79 Å². The molecule has 122 valence electrons. The Morgan fingerprint density at radius 1 is 1.45 bits per heavy atom. The second kappa shape index (κ2) is 8.47. The number of nitrogens with one attached hydrogen (secondary N) is 2. The number of carbonyl (C=O) groups excluding carboxylic acids is 1. The zero-order chi connectivity index (χ0) is 17.6. The van der Waals surface area contributed by atoms with Crippen molar-refractivity contribution in [2.45, 2.75) is 18.7 Å². The van der Waals surface area contributed by atoms with E-state index in [1.807, 2.05) is 0 Å². The van der Waals surface area contributed by atoms with Crippen LogP contribution in [0.3, 0.4) is 0 Å². The van der Waals surface area contributed by atoms with E-state index in [1.54, 1.807) is 0 Å². The van der Waals surface area contributed by atoms with Gasteiger partial charge in [0.05, 0.1) is 17.2 Å². The van der Waals surface area contributed by atoms with Crippen LogP contribution >= 0.6 is 32.1 Å². The van der Waals surface area contributed by atoms with Crippen molar-refractivity contribution < 1.29 is 23.1 Å². The predicted molar refractivity (Wildman–Crippen MR) is 82.5 cm³/mol. The van der Waals surface area contributed by atoms with Crippen molar-refractivity contribution in [2.24, 2.45) is 0 Å². The highest BCUT2D eigenvalue weighted by atomic mass is 79.9. The molecule has 0 radical (unpaired) electrons. The lowest BCUT2D eigenvalue weighted by Crippen LogP contribution is -2.41. The standard InChI is InChI=1S/C12H10BrF3N2O2.BrHN/c1-11(20,6-13)10(19)18-8-3-2-7(5-17)9(4-8)12(14,15)16;1-2/h2-4,20H,6H2,1H3,(H,18,19);2H/q;-1/t11-;/m0./s1. The Morgan fingerprint density at radius 3 is 2.41 bits per heavy atom. The number of benzene rings is 1. The highest BCUT2D eigenvalue weighted by molar-refractivity contribution is 9.10. The van der Waals surface area contributed by atoms with E-state index in [9.17, 15) is 23.1 Å². The van der Waals surface area contributed by atoms with E-state index in [1.165, 1.54) is 13.0 Å². The number of anilines is 1. The monoisotopic (exact) mass is 444 g/mol. The quantitative estimate of drug-likeness (QED) is 0.687. The maximum Gasteiger partial charge on any atom is 0.417 e. The fourth-order valence-corrected chi connectivity index (χ4v) is 1.54. The molecule has 1 rings (SSSR count). The summed E-state index contributed by atoms with van der Waals surface area (Å²) in [6.07, 6.45) is -4.70. The van der Waals surface area contributed by atoms with Crippen LogP contribution in [0.2, 0.25) is 0 Å². The summed E-state index contributed by atoms with van der Waals surface area (Å²) in [5.41, 5.74) is -3.59. The van der Waals surface area contributed by atoms with E-state index < -0.39 is 28.8 Å². The third-order valence-electron chi connectivity index (χ3n) is 2.45. The number of carbonyl (C=O) groups is 1. The fraction of sp³-hybridized carbons (Fsp3) is 0.333. The van der Waals surface area contributed by atoms with Crippen molar-refractivity contribution >= 4 is 43.7 Å². The molecule has 0 heterocycles. The molecule has 0 saturated carbocycles. The van der Waals surface area contributed by atoms with Crippen LogP contribution in [0.25, 0.3) is 4.76 Å². The summed E-state index contributed by atoms with van der Waals surface area (Å²) in [4.78, 5) is 11.6. The SMILES string of the molecule is C[C@](O)(CBr)C(=O)Nc1ccc(C#N)c(C(F)(F)F)c1.[NH-]Br. The maximum absolute atomic E-state index is 12.7. The summed E-state index contributed by atoms with van der Waals surface area (Å²) >= 11 is 5.11. The minimum absolute atomic E-state index is 0.0752. The summed E-state index contributed by atoms with van der Waals surface area (Å²) in [5.74, 6) is -0.854. The second-order valence-electron chi connectivity index (χ2n) is 4.23. The van der Waals surface area contributed by atoms with Gasteiger partial charge >= 0.3 is 6.18 Å². The molecule has 0 spiro atoms. The molecule has 0 fully saturated rings. The highest BCUT2D eigenvalue weighted by Crippen LogP contribution is 2.33. The molecule has 0 aliphatic carbocycles. The third kappa shape index (κ3) is 5.57. The predicted octanol–water partition coefficient (Wildman–Crippen LogP) is 4.01. The zero-order valence-electron chi connectivity index (χ0n) is 11.1. The molecule has 0 unspecified atom stereocenters. The van der Waals surface area contributed by atoms with Gasteiger partial charge in [-0.2, -0.15) is 18.4 Å². The first-order valence-corrected chi connectivity index (χ1v) is 7.43. The first-order valence-electron chi connectivity index (χ1n) is 5.52. The molecule has 0 aliphatic heterocycles. The van der Waals surface area contributed by atoms with Crippen LogP contribution in [0.4, 0.5) is 18.9 Å². The zero-order valence-corrected chi connectivity index (χ0v) is 14.3. The molecule has 5 nitrogen and oxygen atoms in total. The van der Waals surface area contributed by atoms with Crippen molar-refractivity contribution in [1.29, 1.82) is 5.26 Å². The van der Waals surface area contributed by atoms with E-state index in [0.29, 0.717) is 6.07 Å². The Labute approximate surface area is 141 Å². The average molecular weight is 446 g/mol. The van der Waals surface area contributed by atoms with Crippen molar-refractivity contribution in [3.05, 3.63) is 34.1 Å². The minimum Gasteiger partial charge on any atom is -0.613 e. The van der Waals surface area contributed by atoms with E-state index >= 15 is 0 Å². The van der Waals surface area contributed by atoms with Gasteiger partial charge in [-0.1, -0.05) is 15.9 Å². The van der Waals surface area contributed by atoms with E-state index in [2.05, 4.69) is 37.4 Å². The van der Waals surface area contributed by atoms with Crippen molar-refractivity contribution in [2.75, 3.05) is 10.6 Å². The van der Waals surface area contributed by atoms with E-state index in [4.69, 9.17) is 10.0 Å². The second-order valence-corrected chi connectivity index (χ2v) is 4.79. The molecule has 1 atom stereocenters. The number of amides is 1. The molecule has 0 aromatic heterocycles. The number of aliphatic hydroxyl groups is 1. The third-order valence-corrected chi connectivity index (χ3v) is 3.54. The first kappa shape index (κ1) is 20.9. The number of nitrogens with zero attached hydrogens (tertiary/aromatic N) is 1. The molecule has 1 aromatic rings. The van der Waals surface area contributed by atoms with Gasteiger partial charge in [0.1, 0.15) is 5.60 Å².